The normalized spacial score (nSPS) is 14.5. The third-order valence-electron chi connectivity index (χ3n) is 5.31. The van der Waals surface area contributed by atoms with E-state index in [9.17, 15) is 14.3 Å². The molecule has 3 atom stereocenters. The van der Waals surface area contributed by atoms with Crippen LogP contribution in [0.15, 0.2) is 48.5 Å². The van der Waals surface area contributed by atoms with Crippen LogP contribution in [0.4, 0.5) is 4.39 Å². The lowest BCUT2D eigenvalue weighted by atomic mass is 9.94. The van der Waals surface area contributed by atoms with E-state index in [1.165, 1.54) is 12.1 Å². The molecule has 0 bridgehead atoms. The van der Waals surface area contributed by atoms with Crippen molar-refractivity contribution >= 4 is 16.8 Å². The molecule has 0 unspecified atom stereocenters. The lowest BCUT2D eigenvalue weighted by molar-refractivity contribution is 0.0782. The summed E-state index contributed by atoms with van der Waals surface area (Å²) >= 11 is 0. The molecule has 7 heteroatoms. The molecule has 0 saturated carbocycles. The summed E-state index contributed by atoms with van der Waals surface area (Å²) in [5.41, 5.74) is 14.3. The molecular formula is C22H27FN4O2. The SMILES string of the molecule is CC[C@H](CN)[C@@H](O)[C@H](N)CNC(=O)c1[nH]c2ccccc2c1-c1ccc(F)cc1. The number of nitrogens with one attached hydrogen (secondary N) is 2. The molecule has 29 heavy (non-hydrogen) atoms. The van der Waals surface area contributed by atoms with Gasteiger partial charge >= 0.3 is 0 Å². The van der Waals surface area contributed by atoms with Crippen molar-refractivity contribution in [3.8, 4) is 11.1 Å². The van der Waals surface area contributed by atoms with Crippen molar-refractivity contribution in [3.05, 3.63) is 60.0 Å². The average molecular weight is 398 g/mol. The van der Waals surface area contributed by atoms with Crippen LogP contribution in [0.25, 0.3) is 22.0 Å². The number of carbonyl (C=O) groups excluding carboxylic acids is 1. The predicted molar refractivity (Wildman–Crippen MR) is 113 cm³/mol. The number of fused-ring (bicyclic) bond motifs is 1. The number of nitrogens with two attached hydrogens (primary N) is 2. The van der Waals surface area contributed by atoms with Gasteiger partial charge in [0.25, 0.3) is 5.91 Å². The minimum Gasteiger partial charge on any atom is -0.391 e. The first-order valence-electron chi connectivity index (χ1n) is 9.74. The number of carbonyl (C=O) groups is 1. The van der Waals surface area contributed by atoms with Crippen LogP contribution in [0, 0.1) is 11.7 Å². The summed E-state index contributed by atoms with van der Waals surface area (Å²) in [6.07, 6.45) is -0.0969. The molecule has 154 valence electrons. The number of benzene rings is 2. The van der Waals surface area contributed by atoms with E-state index in [0.717, 1.165) is 16.5 Å². The fourth-order valence-electron chi connectivity index (χ4n) is 3.55. The van der Waals surface area contributed by atoms with Gasteiger partial charge < -0.3 is 26.9 Å². The molecule has 0 aliphatic carbocycles. The van der Waals surface area contributed by atoms with Crippen LogP contribution < -0.4 is 16.8 Å². The van der Waals surface area contributed by atoms with Crippen molar-refractivity contribution in [2.24, 2.45) is 17.4 Å². The highest BCUT2D eigenvalue weighted by Crippen LogP contribution is 2.32. The maximum absolute atomic E-state index is 13.4. The summed E-state index contributed by atoms with van der Waals surface area (Å²) in [5, 5.41) is 14.0. The lowest BCUT2D eigenvalue weighted by Gasteiger charge is -2.25. The average Bonchev–Trinajstić information content (AvgIpc) is 3.13. The van der Waals surface area contributed by atoms with E-state index in [1.54, 1.807) is 12.1 Å². The second-order valence-electron chi connectivity index (χ2n) is 7.20. The molecule has 3 rings (SSSR count). The number of aliphatic hydroxyl groups is 1. The maximum Gasteiger partial charge on any atom is 0.268 e. The lowest BCUT2D eigenvalue weighted by Crippen LogP contribution is -2.49. The molecule has 0 fully saturated rings. The molecule has 1 amide bonds. The van der Waals surface area contributed by atoms with E-state index in [2.05, 4.69) is 10.3 Å². The van der Waals surface area contributed by atoms with E-state index in [0.29, 0.717) is 24.2 Å². The topological polar surface area (TPSA) is 117 Å². The van der Waals surface area contributed by atoms with Gasteiger partial charge in [0.2, 0.25) is 0 Å². The zero-order chi connectivity index (χ0) is 21.0. The summed E-state index contributed by atoms with van der Waals surface area (Å²) in [5.74, 6) is -0.807. The first kappa shape index (κ1) is 21.0. The number of amides is 1. The Labute approximate surface area is 169 Å². The smallest absolute Gasteiger partial charge is 0.268 e. The largest absolute Gasteiger partial charge is 0.391 e. The molecule has 0 saturated heterocycles. The maximum atomic E-state index is 13.4. The van der Waals surface area contributed by atoms with Crippen molar-refractivity contribution in [2.75, 3.05) is 13.1 Å². The molecule has 1 aromatic heterocycles. The van der Waals surface area contributed by atoms with E-state index in [4.69, 9.17) is 11.5 Å². The Morgan fingerprint density at radius 2 is 1.90 bits per heavy atom. The van der Waals surface area contributed by atoms with Crippen LogP contribution in [0.5, 0.6) is 0 Å². The second-order valence-corrected chi connectivity index (χ2v) is 7.20. The highest BCUT2D eigenvalue weighted by atomic mass is 19.1. The number of hydrogen-bond acceptors (Lipinski definition) is 4. The molecule has 1 heterocycles. The van der Waals surface area contributed by atoms with Gasteiger partial charge in [-0.2, -0.15) is 0 Å². The Morgan fingerprint density at radius 1 is 1.21 bits per heavy atom. The Morgan fingerprint density at radius 3 is 2.55 bits per heavy atom. The summed E-state index contributed by atoms with van der Waals surface area (Å²) in [6, 6.07) is 12.9. The summed E-state index contributed by atoms with van der Waals surface area (Å²) in [4.78, 5) is 16.1. The minimum atomic E-state index is -0.801. The highest BCUT2D eigenvalue weighted by Gasteiger charge is 2.25. The van der Waals surface area contributed by atoms with Gasteiger partial charge in [0.15, 0.2) is 0 Å². The molecule has 2 aromatic carbocycles. The molecule has 0 aliphatic heterocycles. The molecule has 6 nitrogen and oxygen atoms in total. The monoisotopic (exact) mass is 398 g/mol. The van der Waals surface area contributed by atoms with E-state index < -0.39 is 12.1 Å². The Kier molecular flexibility index (Phi) is 6.64. The van der Waals surface area contributed by atoms with Crippen molar-refractivity contribution in [3.63, 3.8) is 0 Å². The fourth-order valence-corrected chi connectivity index (χ4v) is 3.55. The Bertz CT molecular complexity index is 967. The molecule has 0 aliphatic rings. The third-order valence-corrected chi connectivity index (χ3v) is 5.31. The number of rotatable bonds is 8. The zero-order valence-corrected chi connectivity index (χ0v) is 16.4. The summed E-state index contributed by atoms with van der Waals surface area (Å²) in [6.45, 7) is 2.37. The quantitative estimate of drug-likeness (QED) is 0.400. The number of H-pyrrole nitrogens is 1. The van der Waals surface area contributed by atoms with Crippen molar-refractivity contribution in [2.45, 2.75) is 25.5 Å². The standard InChI is InChI=1S/C22H27FN4O2/c1-2-13(11-24)21(28)17(25)12-26-22(29)20-19(14-7-9-15(23)10-8-14)16-5-3-4-6-18(16)27-20/h3-10,13,17,21,27-28H,2,11-12,24-25H2,1H3,(H,26,29)/t13-,17-,21-/m1/s1. The van der Waals surface area contributed by atoms with Gasteiger partial charge in [0, 0.05) is 29.1 Å². The number of aliphatic hydroxyl groups excluding tert-OH is 1. The van der Waals surface area contributed by atoms with Crippen molar-refractivity contribution in [1.82, 2.24) is 10.3 Å². The number of hydrogen-bond donors (Lipinski definition) is 5. The number of halogens is 1. The first-order valence-corrected chi connectivity index (χ1v) is 9.74. The highest BCUT2D eigenvalue weighted by molar-refractivity contribution is 6.09. The van der Waals surface area contributed by atoms with Crippen molar-refractivity contribution in [1.29, 1.82) is 0 Å². The Balaban J connectivity index is 1.86. The second kappa shape index (κ2) is 9.17. The number of para-hydroxylation sites is 1. The summed E-state index contributed by atoms with van der Waals surface area (Å²) in [7, 11) is 0. The van der Waals surface area contributed by atoms with Gasteiger partial charge in [-0.25, -0.2) is 4.39 Å². The number of aromatic nitrogens is 1. The van der Waals surface area contributed by atoms with Gasteiger partial charge in [-0.1, -0.05) is 37.3 Å². The predicted octanol–water partition coefficient (Wildman–Crippen LogP) is 2.38. The van der Waals surface area contributed by atoms with Crippen LogP contribution in [0.3, 0.4) is 0 Å². The van der Waals surface area contributed by atoms with Crippen LogP contribution >= 0.6 is 0 Å². The molecule has 0 radical (unpaired) electrons. The minimum absolute atomic E-state index is 0.106. The third kappa shape index (κ3) is 4.48. The van der Waals surface area contributed by atoms with Gasteiger partial charge in [-0.15, -0.1) is 0 Å². The fraction of sp³-hybridized carbons (Fsp3) is 0.318. The van der Waals surface area contributed by atoms with Crippen LogP contribution in [0.2, 0.25) is 0 Å². The van der Waals surface area contributed by atoms with E-state index in [-0.39, 0.29) is 24.2 Å². The van der Waals surface area contributed by atoms with Crippen LogP contribution in [-0.2, 0) is 0 Å². The van der Waals surface area contributed by atoms with Gasteiger partial charge in [-0.3, -0.25) is 4.79 Å². The van der Waals surface area contributed by atoms with Crippen molar-refractivity contribution < 1.29 is 14.3 Å². The van der Waals surface area contributed by atoms with Gasteiger partial charge in [-0.05, 0) is 42.6 Å². The number of aromatic amines is 1. The first-order chi connectivity index (χ1) is 14.0. The molecule has 3 aromatic rings. The summed E-state index contributed by atoms with van der Waals surface area (Å²) < 4.78 is 13.4. The molecule has 7 N–H and O–H groups in total. The molecular weight excluding hydrogens is 371 g/mol. The van der Waals surface area contributed by atoms with Crippen LogP contribution in [-0.4, -0.2) is 41.2 Å². The van der Waals surface area contributed by atoms with Gasteiger partial charge in [0.1, 0.15) is 11.5 Å². The van der Waals surface area contributed by atoms with Crippen LogP contribution in [0.1, 0.15) is 23.8 Å². The Hall–Kier alpha value is -2.74. The molecule has 0 spiro atoms. The van der Waals surface area contributed by atoms with E-state index >= 15 is 0 Å². The zero-order valence-electron chi connectivity index (χ0n) is 16.4. The van der Waals surface area contributed by atoms with Gasteiger partial charge in [0.05, 0.1) is 6.10 Å². The van der Waals surface area contributed by atoms with E-state index in [1.807, 2.05) is 31.2 Å².